The van der Waals surface area contributed by atoms with E-state index in [0.29, 0.717) is 25.2 Å². The van der Waals surface area contributed by atoms with Gasteiger partial charge in [0.1, 0.15) is 12.3 Å². The highest BCUT2D eigenvalue weighted by atomic mass is 32.2. The molecule has 3 aromatic rings. The molecule has 220 valence electrons. The SMILES string of the molecule is O=C1c2c(O)c(=O)ccn2N([C@@H]2c3ccccc3SCc3c2ccc(F)c3F)CN1C1CC(F)(COC2CCOC2)C1. The number of carbonyl (C=O) groups is 1. The normalized spacial score (nSPS) is 26.7. The summed E-state index contributed by atoms with van der Waals surface area (Å²) in [4.78, 5) is 28.6. The van der Waals surface area contributed by atoms with Crippen molar-refractivity contribution in [3.8, 4) is 5.75 Å². The van der Waals surface area contributed by atoms with Crippen molar-refractivity contribution in [1.82, 2.24) is 9.58 Å². The van der Waals surface area contributed by atoms with E-state index >= 15 is 8.78 Å². The van der Waals surface area contributed by atoms with Crippen LogP contribution in [0.15, 0.2) is 58.4 Å². The fourth-order valence-corrected chi connectivity index (χ4v) is 7.48. The van der Waals surface area contributed by atoms with Gasteiger partial charge in [-0.25, -0.2) is 13.2 Å². The Kier molecular flexibility index (Phi) is 6.74. The summed E-state index contributed by atoms with van der Waals surface area (Å²) in [6, 6.07) is 9.97. The van der Waals surface area contributed by atoms with Crippen LogP contribution in [0.5, 0.6) is 5.75 Å². The highest BCUT2D eigenvalue weighted by molar-refractivity contribution is 7.98. The minimum Gasteiger partial charge on any atom is -0.502 e. The molecule has 8 nitrogen and oxygen atoms in total. The Morgan fingerprint density at radius 1 is 1.10 bits per heavy atom. The van der Waals surface area contributed by atoms with E-state index in [4.69, 9.17) is 9.47 Å². The molecule has 1 amide bonds. The number of ether oxygens (including phenoxy) is 2. The summed E-state index contributed by atoms with van der Waals surface area (Å²) in [6.07, 6.45) is 1.98. The van der Waals surface area contributed by atoms with Gasteiger partial charge in [0.2, 0.25) is 5.43 Å². The quantitative estimate of drug-likeness (QED) is 0.470. The number of aromatic nitrogens is 1. The topological polar surface area (TPSA) is 84.2 Å². The van der Waals surface area contributed by atoms with Gasteiger partial charge in [0.05, 0.1) is 25.4 Å². The molecule has 7 rings (SSSR count). The predicted molar refractivity (Wildman–Crippen MR) is 148 cm³/mol. The molecule has 4 heterocycles. The minimum absolute atomic E-state index is 0.0194. The molecule has 1 aliphatic carbocycles. The summed E-state index contributed by atoms with van der Waals surface area (Å²) >= 11 is 1.37. The van der Waals surface area contributed by atoms with Crippen molar-refractivity contribution in [2.75, 3.05) is 31.5 Å². The van der Waals surface area contributed by atoms with Crippen LogP contribution in [-0.4, -0.2) is 64.9 Å². The molecule has 42 heavy (non-hydrogen) atoms. The zero-order valence-corrected chi connectivity index (χ0v) is 23.3. The van der Waals surface area contributed by atoms with E-state index < -0.39 is 46.5 Å². The number of pyridine rings is 1. The maximum absolute atomic E-state index is 15.6. The van der Waals surface area contributed by atoms with Crippen molar-refractivity contribution in [3.63, 3.8) is 0 Å². The van der Waals surface area contributed by atoms with Crippen molar-refractivity contribution in [2.24, 2.45) is 0 Å². The Morgan fingerprint density at radius 2 is 1.90 bits per heavy atom. The third-order valence-corrected chi connectivity index (χ3v) is 9.73. The summed E-state index contributed by atoms with van der Waals surface area (Å²) in [5.74, 6) is -3.06. The van der Waals surface area contributed by atoms with E-state index in [1.165, 1.54) is 33.6 Å². The Morgan fingerprint density at radius 3 is 2.69 bits per heavy atom. The van der Waals surface area contributed by atoms with Crippen molar-refractivity contribution < 1.29 is 32.5 Å². The molecular weight excluding hydrogens is 571 g/mol. The maximum Gasteiger partial charge on any atom is 0.278 e. The number of thioether (sulfide) groups is 1. The van der Waals surface area contributed by atoms with E-state index in [1.54, 1.807) is 5.01 Å². The van der Waals surface area contributed by atoms with Crippen molar-refractivity contribution in [2.45, 2.75) is 53.8 Å². The minimum atomic E-state index is -1.63. The Labute approximate surface area is 243 Å². The highest BCUT2D eigenvalue weighted by Crippen LogP contribution is 2.46. The largest absolute Gasteiger partial charge is 0.502 e. The molecule has 1 N–H and O–H groups in total. The number of carbonyl (C=O) groups excluding carboxylic acids is 1. The first-order chi connectivity index (χ1) is 20.2. The monoisotopic (exact) mass is 599 g/mol. The molecule has 0 spiro atoms. The number of hydrogen-bond donors (Lipinski definition) is 1. The van der Waals surface area contributed by atoms with Crippen molar-refractivity contribution in [3.05, 3.63) is 92.9 Å². The number of benzene rings is 2. The van der Waals surface area contributed by atoms with Crippen LogP contribution in [0.2, 0.25) is 0 Å². The van der Waals surface area contributed by atoms with Crippen LogP contribution in [0.25, 0.3) is 0 Å². The molecule has 1 unspecified atom stereocenters. The second kappa shape index (κ2) is 10.4. The number of nitrogens with zero attached hydrogens (tertiary/aromatic N) is 3. The molecule has 12 heteroatoms. The zero-order valence-electron chi connectivity index (χ0n) is 22.5. The predicted octanol–water partition coefficient (Wildman–Crippen LogP) is 4.25. The zero-order chi connectivity index (χ0) is 29.2. The van der Waals surface area contributed by atoms with E-state index in [-0.39, 0.29) is 49.2 Å². The molecule has 1 saturated carbocycles. The molecule has 0 radical (unpaired) electrons. The molecular formula is C30H28F3N3O5S. The van der Waals surface area contributed by atoms with Gasteiger partial charge in [-0.15, -0.1) is 11.8 Å². The van der Waals surface area contributed by atoms with Crippen LogP contribution in [0.1, 0.15) is 52.5 Å². The van der Waals surface area contributed by atoms with Gasteiger partial charge in [0.25, 0.3) is 5.91 Å². The molecule has 2 atom stereocenters. The third kappa shape index (κ3) is 4.47. The molecule has 3 aliphatic heterocycles. The summed E-state index contributed by atoms with van der Waals surface area (Å²) in [7, 11) is 0. The molecule has 2 fully saturated rings. The number of hydrogen-bond acceptors (Lipinski definition) is 7. The summed E-state index contributed by atoms with van der Waals surface area (Å²) in [5.41, 5.74) is -1.16. The summed E-state index contributed by atoms with van der Waals surface area (Å²) in [5, 5.41) is 12.6. The average Bonchev–Trinajstić information content (AvgIpc) is 3.43. The lowest BCUT2D eigenvalue weighted by Crippen LogP contribution is -2.63. The molecule has 1 aromatic heterocycles. The summed E-state index contributed by atoms with van der Waals surface area (Å²) < 4.78 is 57.7. The Balaban J connectivity index is 1.29. The first-order valence-electron chi connectivity index (χ1n) is 13.8. The van der Waals surface area contributed by atoms with Crippen LogP contribution in [0, 0.1) is 11.6 Å². The number of halogens is 3. The first-order valence-corrected chi connectivity index (χ1v) is 14.8. The number of fused-ring (bicyclic) bond motifs is 3. The molecule has 4 aliphatic rings. The van der Waals surface area contributed by atoms with E-state index in [1.807, 2.05) is 24.3 Å². The number of aromatic hydroxyl groups is 1. The van der Waals surface area contributed by atoms with Crippen molar-refractivity contribution in [1.29, 1.82) is 0 Å². The van der Waals surface area contributed by atoms with Gasteiger partial charge < -0.3 is 19.5 Å². The van der Waals surface area contributed by atoms with Crippen LogP contribution < -0.4 is 10.4 Å². The lowest BCUT2D eigenvalue weighted by molar-refractivity contribution is -0.0959. The van der Waals surface area contributed by atoms with Gasteiger partial charge in [-0.2, -0.15) is 0 Å². The molecule has 0 bridgehead atoms. The fourth-order valence-electron chi connectivity index (χ4n) is 6.36. The Bertz CT molecular complexity index is 1620. The standard InChI is InChI=1S/C30H28F3N3O5S/c31-22-6-5-19-21(25(22)32)14-42-24-4-2-1-3-20(24)26(19)36-16-34(29(39)27-28(38)23(37)7-9-35(27)36)17-11-30(33,12-17)15-41-18-8-10-40-13-18/h1-7,9,17-18,26,38H,8,10-16H2/t17?,18?,26-,30?/m0/s1. The average molecular weight is 600 g/mol. The van der Waals surface area contributed by atoms with Gasteiger partial charge in [0, 0.05) is 54.0 Å². The number of amides is 1. The van der Waals surface area contributed by atoms with Gasteiger partial charge >= 0.3 is 0 Å². The van der Waals surface area contributed by atoms with Crippen LogP contribution in [-0.2, 0) is 15.2 Å². The highest BCUT2D eigenvalue weighted by Gasteiger charge is 2.52. The lowest BCUT2D eigenvalue weighted by Gasteiger charge is -2.51. The first kappa shape index (κ1) is 27.4. The lowest BCUT2D eigenvalue weighted by atomic mass is 9.76. The molecule has 2 aromatic carbocycles. The second-order valence-electron chi connectivity index (χ2n) is 11.2. The van der Waals surface area contributed by atoms with Gasteiger partial charge in [-0.1, -0.05) is 24.3 Å². The number of rotatable bonds is 5. The fraction of sp³-hybridized carbons (Fsp3) is 0.400. The van der Waals surface area contributed by atoms with E-state index in [2.05, 4.69) is 0 Å². The maximum atomic E-state index is 15.6. The summed E-state index contributed by atoms with van der Waals surface area (Å²) in [6.45, 7) is 0.844. The third-order valence-electron chi connectivity index (χ3n) is 8.61. The van der Waals surface area contributed by atoms with E-state index in [0.717, 1.165) is 22.6 Å². The van der Waals surface area contributed by atoms with Crippen LogP contribution in [0.4, 0.5) is 13.2 Å². The van der Waals surface area contributed by atoms with Crippen LogP contribution >= 0.6 is 11.8 Å². The van der Waals surface area contributed by atoms with E-state index in [9.17, 15) is 19.1 Å². The smallest absolute Gasteiger partial charge is 0.278 e. The van der Waals surface area contributed by atoms with Gasteiger partial charge in [-0.05, 0) is 29.7 Å². The van der Waals surface area contributed by atoms with Crippen LogP contribution in [0.3, 0.4) is 0 Å². The van der Waals surface area contributed by atoms with Crippen molar-refractivity contribution >= 4 is 17.7 Å². The second-order valence-corrected chi connectivity index (χ2v) is 12.3. The van der Waals surface area contributed by atoms with Gasteiger partial charge in [-0.3, -0.25) is 19.3 Å². The number of alkyl halides is 1. The Hall–Kier alpha value is -3.48. The molecule has 1 saturated heterocycles. The van der Waals surface area contributed by atoms with Gasteiger partial charge in [0.15, 0.2) is 23.1 Å².